The molecule has 0 aromatic heterocycles. The molecule has 0 saturated carbocycles. The fourth-order valence-corrected chi connectivity index (χ4v) is 3.36. The summed E-state index contributed by atoms with van der Waals surface area (Å²) in [7, 11) is 1.80. The highest BCUT2D eigenvalue weighted by Crippen LogP contribution is 2.37. The van der Waals surface area contributed by atoms with Gasteiger partial charge in [0.25, 0.3) is 5.91 Å². The van der Waals surface area contributed by atoms with Crippen LogP contribution < -0.4 is 0 Å². The molecule has 0 aliphatic carbocycles. The van der Waals surface area contributed by atoms with E-state index < -0.39 is 6.04 Å². The van der Waals surface area contributed by atoms with Crippen molar-refractivity contribution in [2.75, 3.05) is 7.05 Å². The summed E-state index contributed by atoms with van der Waals surface area (Å²) in [5.41, 5.74) is 0.420. The first-order chi connectivity index (χ1) is 10.2. The largest absolute Gasteiger partial charge is 0.323 e. The zero-order valence-corrected chi connectivity index (χ0v) is 14.3. The van der Waals surface area contributed by atoms with Gasteiger partial charge in [-0.2, -0.15) is 0 Å². The van der Waals surface area contributed by atoms with Gasteiger partial charge in [0.1, 0.15) is 12.2 Å². The van der Waals surface area contributed by atoms with Gasteiger partial charge >= 0.3 is 0 Å². The molecule has 2 amide bonds. The number of hydrogen-bond acceptors (Lipinski definition) is 2. The average Bonchev–Trinajstić information content (AvgIpc) is 2.71. The minimum atomic E-state index is -0.401. The van der Waals surface area contributed by atoms with Crippen LogP contribution in [-0.2, 0) is 4.79 Å². The molecule has 2 rings (SSSR count). The fraction of sp³-hybridized carbons (Fsp3) is 0.556. The van der Waals surface area contributed by atoms with Gasteiger partial charge in [0, 0.05) is 18.0 Å². The maximum absolute atomic E-state index is 13.1. The molecule has 0 unspecified atom stereocenters. The quantitative estimate of drug-likeness (QED) is 0.842. The number of carbonyl (C=O) groups is 2. The second-order valence-corrected chi connectivity index (χ2v) is 7.46. The molecule has 1 fully saturated rings. The molecule has 1 aromatic rings. The predicted molar refractivity (Wildman–Crippen MR) is 87.3 cm³/mol. The van der Waals surface area contributed by atoms with Crippen LogP contribution in [0.5, 0.6) is 0 Å². The zero-order chi connectivity index (χ0) is 16.7. The topological polar surface area (TPSA) is 40.6 Å². The molecule has 4 heteroatoms. The Kier molecular flexibility index (Phi) is 4.32. The molecule has 0 N–H and O–H groups in total. The first-order valence-corrected chi connectivity index (χ1v) is 7.80. The van der Waals surface area contributed by atoms with Crippen molar-refractivity contribution in [3.8, 4) is 0 Å². The number of nitrogens with zero attached hydrogens (tertiary/aromatic N) is 2. The number of benzene rings is 1. The van der Waals surface area contributed by atoms with Crippen LogP contribution in [0, 0.1) is 11.3 Å². The van der Waals surface area contributed by atoms with Gasteiger partial charge in [-0.25, -0.2) is 0 Å². The number of amides is 2. The lowest BCUT2D eigenvalue weighted by molar-refractivity contribution is -0.130. The van der Waals surface area contributed by atoms with E-state index >= 15 is 0 Å². The fourth-order valence-electron chi connectivity index (χ4n) is 3.36. The number of likely N-dealkylation sites (N-methyl/N-ethyl adjacent to an activating group) is 1. The smallest absolute Gasteiger partial charge is 0.256 e. The lowest BCUT2D eigenvalue weighted by Gasteiger charge is -2.39. The first-order valence-electron chi connectivity index (χ1n) is 7.80. The summed E-state index contributed by atoms with van der Waals surface area (Å²) in [6, 6.07) is 8.81. The maximum Gasteiger partial charge on any atom is 0.256 e. The SMILES string of the molecule is CC(C)[C@H]1C(=O)N(C)[C@H](C(C)(C)C)N1C(=O)c1ccccc1. The lowest BCUT2D eigenvalue weighted by atomic mass is 9.90. The van der Waals surface area contributed by atoms with E-state index in [9.17, 15) is 9.59 Å². The number of carbonyl (C=O) groups excluding carboxylic acids is 2. The van der Waals surface area contributed by atoms with E-state index in [4.69, 9.17) is 0 Å². The third-order valence-corrected chi connectivity index (χ3v) is 4.19. The number of rotatable bonds is 2. The highest BCUT2D eigenvalue weighted by atomic mass is 16.2. The first kappa shape index (κ1) is 16.5. The van der Waals surface area contributed by atoms with Crippen molar-refractivity contribution in [1.29, 1.82) is 0 Å². The third-order valence-electron chi connectivity index (χ3n) is 4.19. The Balaban J connectivity index is 2.50. The summed E-state index contributed by atoms with van der Waals surface area (Å²) in [5.74, 6) is 0.0334. The Morgan fingerprint density at radius 2 is 1.68 bits per heavy atom. The van der Waals surface area contributed by atoms with E-state index in [-0.39, 0.29) is 29.3 Å². The van der Waals surface area contributed by atoms with Crippen LogP contribution in [0.25, 0.3) is 0 Å². The molecule has 1 aromatic carbocycles. The Bertz CT molecular complexity index is 560. The minimum absolute atomic E-state index is 0.0270. The van der Waals surface area contributed by atoms with Crippen molar-refractivity contribution in [2.45, 2.75) is 46.8 Å². The minimum Gasteiger partial charge on any atom is -0.323 e. The van der Waals surface area contributed by atoms with Crippen LogP contribution in [0.3, 0.4) is 0 Å². The summed E-state index contributed by atoms with van der Waals surface area (Å²) < 4.78 is 0. The Morgan fingerprint density at radius 1 is 1.14 bits per heavy atom. The molecule has 1 heterocycles. The van der Waals surface area contributed by atoms with Crippen molar-refractivity contribution >= 4 is 11.8 Å². The Morgan fingerprint density at radius 3 is 2.14 bits per heavy atom. The second kappa shape index (κ2) is 5.75. The molecule has 0 radical (unpaired) electrons. The summed E-state index contributed by atoms with van der Waals surface area (Å²) in [5, 5.41) is 0. The van der Waals surface area contributed by atoms with Gasteiger partial charge in [-0.05, 0) is 18.1 Å². The van der Waals surface area contributed by atoms with Crippen LogP contribution >= 0.6 is 0 Å². The molecule has 4 nitrogen and oxygen atoms in total. The van der Waals surface area contributed by atoms with Crippen molar-refractivity contribution in [3.63, 3.8) is 0 Å². The van der Waals surface area contributed by atoms with Gasteiger partial charge in [0.05, 0.1) is 0 Å². The summed E-state index contributed by atoms with van der Waals surface area (Å²) in [6.07, 6.45) is -0.236. The Hall–Kier alpha value is -1.84. The molecule has 1 aliphatic rings. The second-order valence-electron chi connectivity index (χ2n) is 7.46. The molecule has 0 spiro atoms. The van der Waals surface area contributed by atoms with Gasteiger partial charge < -0.3 is 9.80 Å². The van der Waals surface area contributed by atoms with Gasteiger partial charge in [-0.3, -0.25) is 9.59 Å². The van der Waals surface area contributed by atoms with E-state index in [1.807, 2.05) is 44.2 Å². The standard InChI is InChI=1S/C18H26N2O2/c1-12(2)14-16(22)19(6)17(18(3,4)5)20(14)15(21)13-10-8-7-9-11-13/h7-12,14,17H,1-6H3/t14-,17-/m0/s1. The van der Waals surface area contributed by atoms with Gasteiger partial charge in [-0.15, -0.1) is 0 Å². The molecule has 120 valence electrons. The van der Waals surface area contributed by atoms with Crippen molar-refractivity contribution in [1.82, 2.24) is 9.80 Å². The Labute approximate surface area is 133 Å². The molecular weight excluding hydrogens is 276 g/mol. The van der Waals surface area contributed by atoms with Crippen molar-refractivity contribution < 1.29 is 9.59 Å². The van der Waals surface area contributed by atoms with E-state index in [0.29, 0.717) is 5.56 Å². The third kappa shape index (κ3) is 2.74. The maximum atomic E-state index is 13.1. The van der Waals surface area contributed by atoms with Crippen LogP contribution in [0.4, 0.5) is 0 Å². The van der Waals surface area contributed by atoms with Crippen molar-refractivity contribution in [2.24, 2.45) is 11.3 Å². The molecule has 0 bridgehead atoms. The van der Waals surface area contributed by atoms with Crippen molar-refractivity contribution in [3.05, 3.63) is 35.9 Å². The molecule has 1 saturated heterocycles. The van der Waals surface area contributed by atoms with E-state index in [2.05, 4.69) is 20.8 Å². The summed E-state index contributed by atoms with van der Waals surface area (Å²) in [6.45, 7) is 10.2. The number of hydrogen-bond donors (Lipinski definition) is 0. The average molecular weight is 302 g/mol. The van der Waals surface area contributed by atoms with Gasteiger partial charge in [0.15, 0.2) is 0 Å². The van der Waals surface area contributed by atoms with Crippen LogP contribution in [-0.4, -0.2) is 40.9 Å². The molecule has 22 heavy (non-hydrogen) atoms. The monoisotopic (exact) mass is 302 g/mol. The molecule has 1 aliphatic heterocycles. The van der Waals surface area contributed by atoms with E-state index in [0.717, 1.165) is 0 Å². The summed E-state index contributed by atoms with van der Waals surface area (Å²) >= 11 is 0. The lowest BCUT2D eigenvalue weighted by Crippen LogP contribution is -2.51. The molecule has 2 atom stereocenters. The van der Waals surface area contributed by atoms with Crippen LogP contribution in [0.15, 0.2) is 30.3 Å². The van der Waals surface area contributed by atoms with Gasteiger partial charge in [0.2, 0.25) is 5.91 Å². The van der Waals surface area contributed by atoms with Crippen LogP contribution in [0.2, 0.25) is 0 Å². The van der Waals surface area contributed by atoms with Crippen LogP contribution in [0.1, 0.15) is 45.0 Å². The van der Waals surface area contributed by atoms with E-state index in [1.165, 1.54) is 0 Å². The van der Waals surface area contributed by atoms with E-state index in [1.54, 1.807) is 16.8 Å². The van der Waals surface area contributed by atoms with Gasteiger partial charge in [-0.1, -0.05) is 52.8 Å². The normalized spacial score (nSPS) is 22.6. The highest BCUT2D eigenvalue weighted by Gasteiger charge is 2.52. The summed E-state index contributed by atoms with van der Waals surface area (Å²) in [4.78, 5) is 29.2. The predicted octanol–water partition coefficient (Wildman–Crippen LogP) is 3.00. The molecular formula is C18H26N2O2. The highest BCUT2D eigenvalue weighted by molar-refractivity contribution is 5.99. The zero-order valence-electron chi connectivity index (χ0n) is 14.3.